The summed E-state index contributed by atoms with van der Waals surface area (Å²) in [6, 6.07) is 0.142. The Hall–Kier alpha value is -0.650. The van der Waals surface area contributed by atoms with Crippen molar-refractivity contribution in [2.45, 2.75) is 31.1 Å². The van der Waals surface area contributed by atoms with Gasteiger partial charge in [-0.25, -0.2) is 0 Å². The van der Waals surface area contributed by atoms with Crippen LogP contribution in [0.2, 0.25) is 0 Å². The van der Waals surface area contributed by atoms with Crippen molar-refractivity contribution in [1.82, 2.24) is 10.6 Å². The Kier molecular flexibility index (Phi) is 3.00. The lowest BCUT2D eigenvalue weighted by Crippen LogP contribution is -2.54. The zero-order chi connectivity index (χ0) is 9.97. The molecule has 80 valence electrons. The summed E-state index contributed by atoms with van der Waals surface area (Å²) in [4.78, 5) is 11.6. The SMILES string of the molecule is O=C(NC1CC(O)C1)C1CNCCO1. The van der Waals surface area contributed by atoms with Gasteiger partial charge in [0.2, 0.25) is 0 Å². The van der Waals surface area contributed by atoms with Crippen LogP contribution < -0.4 is 10.6 Å². The smallest absolute Gasteiger partial charge is 0.250 e. The monoisotopic (exact) mass is 200 g/mol. The van der Waals surface area contributed by atoms with Crippen LogP contribution in [0.3, 0.4) is 0 Å². The van der Waals surface area contributed by atoms with Gasteiger partial charge in [-0.05, 0) is 12.8 Å². The number of ether oxygens (including phenoxy) is 1. The molecule has 0 aromatic rings. The van der Waals surface area contributed by atoms with Crippen LogP contribution in [-0.2, 0) is 9.53 Å². The van der Waals surface area contributed by atoms with Gasteiger partial charge in [-0.1, -0.05) is 0 Å². The molecule has 2 fully saturated rings. The van der Waals surface area contributed by atoms with Crippen LogP contribution in [0, 0.1) is 0 Å². The Morgan fingerprint density at radius 3 is 2.86 bits per heavy atom. The first-order valence-corrected chi connectivity index (χ1v) is 5.06. The Morgan fingerprint density at radius 1 is 1.50 bits per heavy atom. The molecule has 0 aromatic carbocycles. The fraction of sp³-hybridized carbons (Fsp3) is 0.889. The van der Waals surface area contributed by atoms with Crippen LogP contribution >= 0.6 is 0 Å². The highest BCUT2D eigenvalue weighted by molar-refractivity contribution is 5.81. The van der Waals surface area contributed by atoms with E-state index in [1.165, 1.54) is 0 Å². The molecule has 1 aliphatic heterocycles. The number of hydrogen-bond acceptors (Lipinski definition) is 4. The molecule has 0 bridgehead atoms. The zero-order valence-electron chi connectivity index (χ0n) is 8.03. The first kappa shape index (κ1) is 9.89. The van der Waals surface area contributed by atoms with Gasteiger partial charge in [-0.15, -0.1) is 0 Å². The lowest BCUT2D eigenvalue weighted by atomic mass is 9.89. The van der Waals surface area contributed by atoms with Gasteiger partial charge in [0.05, 0.1) is 12.7 Å². The Balaban J connectivity index is 1.71. The van der Waals surface area contributed by atoms with E-state index in [9.17, 15) is 4.79 Å². The van der Waals surface area contributed by atoms with E-state index in [4.69, 9.17) is 9.84 Å². The normalized spacial score (nSPS) is 37.4. The summed E-state index contributed by atoms with van der Waals surface area (Å²) in [6.45, 7) is 1.98. The van der Waals surface area contributed by atoms with Gasteiger partial charge < -0.3 is 20.5 Å². The number of morpholine rings is 1. The maximum Gasteiger partial charge on any atom is 0.250 e. The highest BCUT2D eigenvalue weighted by Gasteiger charge is 2.31. The first-order chi connectivity index (χ1) is 6.75. The summed E-state index contributed by atoms with van der Waals surface area (Å²) in [5.41, 5.74) is 0. The highest BCUT2D eigenvalue weighted by Crippen LogP contribution is 2.19. The van der Waals surface area contributed by atoms with Gasteiger partial charge in [0, 0.05) is 19.1 Å². The third-order valence-corrected chi connectivity index (χ3v) is 2.68. The van der Waals surface area contributed by atoms with E-state index in [0.29, 0.717) is 26.0 Å². The van der Waals surface area contributed by atoms with Crippen molar-refractivity contribution >= 4 is 5.91 Å². The number of hydrogen-bond donors (Lipinski definition) is 3. The van der Waals surface area contributed by atoms with Gasteiger partial charge in [0.25, 0.3) is 5.91 Å². The third-order valence-electron chi connectivity index (χ3n) is 2.68. The number of rotatable bonds is 2. The van der Waals surface area contributed by atoms with Crippen molar-refractivity contribution in [2.24, 2.45) is 0 Å². The van der Waals surface area contributed by atoms with Crippen LogP contribution in [0.25, 0.3) is 0 Å². The number of carbonyl (C=O) groups excluding carboxylic acids is 1. The minimum atomic E-state index is -0.360. The molecule has 5 nitrogen and oxygen atoms in total. The van der Waals surface area contributed by atoms with Crippen LogP contribution in [0.1, 0.15) is 12.8 Å². The van der Waals surface area contributed by atoms with E-state index < -0.39 is 0 Å². The molecule has 2 rings (SSSR count). The quantitative estimate of drug-likeness (QED) is 0.513. The van der Waals surface area contributed by atoms with E-state index in [-0.39, 0.29) is 24.2 Å². The second-order valence-corrected chi connectivity index (χ2v) is 3.89. The lowest BCUT2D eigenvalue weighted by Gasteiger charge is -2.33. The molecule has 1 saturated carbocycles. The van der Waals surface area contributed by atoms with Crippen molar-refractivity contribution in [3.8, 4) is 0 Å². The lowest BCUT2D eigenvalue weighted by molar-refractivity contribution is -0.136. The summed E-state index contributed by atoms with van der Waals surface area (Å²) in [7, 11) is 0. The number of carbonyl (C=O) groups is 1. The van der Waals surface area contributed by atoms with E-state index in [0.717, 1.165) is 6.54 Å². The molecule has 1 aliphatic carbocycles. The molecule has 3 N–H and O–H groups in total. The Morgan fingerprint density at radius 2 is 2.29 bits per heavy atom. The van der Waals surface area contributed by atoms with E-state index in [1.807, 2.05) is 0 Å². The molecular formula is C9H16N2O3. The predicted molar refractivity (Wildman–Crippen MR) is 49.8 cm³/mol. The van der Waals surface area contributed by atoms with Crippen molar-refractivity contribution in [2.75, 3.05) is 19.7 Å². The second kappa shape index (κ2) is 4.25. The number of amides is 1. The van der Waals surface area contributed by atoms with Crippen molar-refractivity contribution in [3.63, 3.8) is 0 Å². The fourth-order valence-corrected chi connectivity index (χ4v) is 1.73. The van der Waals surface area contributed by atoms with Gasteiger partial charge in [0.15, 0.2) is 0 Å². The second-order valence-electron chi connectivity index (χ2n) is 3.89. The molecule has 1 unspecified atom stereocenters. The summed E-state index contributed by atoms with van der Waals surface area (Å²) in [5.74, 6) is -0.0610. The molecule has 14 heavy (non-hydrogen) atoms. The highest BCUT2D eigenvalue weighted by atomic mass is 16.5. The van der Waals surface area contributed by atoms with Gasteiger partial charge >= 0.3 is 0 Å². The van der Waals surface area contributed by atoms with Crippen LogP contribution in [-0.4, -0.2) is 49.0 Å². The van der Waals surface area contributed by atoms with Crippen LogP contribution in [0.4, 0.5) is 0 Å². The predicted octanol–water partition coefficient (Wildman–Crippen LogP) is -1.39. The van der Waals surface area contributed by atoms with Crippen LogP contribution in [0.5, 0.6) is 0 Å². The molecule has 0 radical (unpaired) electrons. The van der Waals surface area contributed by atoms with E-state index in [2.05, 4.69) is 10.6 Å². The van der Waals surface area contributed by atoms with Gasteiger partial charge in [-0.3, -0.25) is 4.79 Å². The largest absolute Gasteiger partial charge is 0.393 e. The van der Waals surface area contributed by atoms with Crippen molar-refractivity contribution in [1.29, 1.82) is 0 Å². The molecule has 2 aliphatic rings. The first-order valence-electron chi connectivity index (χ1n) is 5.06. The van der Waals surface area contributed by atoms with E-state index in [1.54, 1.807) is 0 Å². The standard InChI is InChI=1S/C9H16N2O3/c12-7-3-6(4-7)11-9(13)8-5-10-1-2-14-8/h6-8,10,12H,1-5H2,(H,11,13). The molecule has 1 heterocycles. The van der Waals surface area contributed by atoms with E-state index >= 15 is 0 Å². The average Bonchev–Trinajstić information content (AvgIpc) is 2.17. The van der Waals surface area contributed by atoms with Gasteiger partial charge in [-0.2, -0.15) is 0 Å². The molecule has 0 spiro atoms. The molecule has 5 heteroatoms. The summed E-state index contributed by atoms with van der Waals surface area (Å²) >= 11 is 0. The molecule has 1 amide bonds. The fourth-order valence-electron chi connectivity index (χ4n) is 1.73. The van der Waals surface area contributed by atoms with Gasteiger partial charge in [0.1, 0.15) is 6.10 Å². The summed E-state index contributed by atoms with van der Waals surface area (Å²) in [5, 5.41) is 15.0. The number of aliphatic hydroxyl groups is 1. The molecule has 1 saturated heterocycles. The molecular weight excluding hydrogens is 184 g/mol. The minimum absolute atomic E-state index is 0.0610. The zero-order valence-corrected chi connectivity index (χ0v) is 8.03. The Labute approximate surface area is 82.8 Å². The maximum absolute atomic E-state index is 11.6. The maximum atomic E-state index is 11.6. The van der Waals surface area contributed by atoms with Crippen LogP contribution in [0.15, 0.2) is 0 Å². The summed E-state index contributed by atoms with van der Waals surface area (Å²) in [6.07, 6.45) is 0.754. The summed E-state index contributed by atoms with van der Waals surface area (Å²) < 4.78 is 5.30. The molecule has 0 aromatic heterocycles. The average molecular weight is 200 g/mol. The third kappa shape index (κ3) is 2.23. The minimum Gasteiger partial charge on any atom is -0.393 e. The number of nitrogens with one attached hydrogen (secondary N) is 2. The number of aliphatic hydroxyl groups excluding tert-OH is 1. The topological polar surface area (TPSA) is 70.6 Å². The van der Waals surface area contributed by atoms with Crippen molar-refractivity contribution < 1.29 is 14.6 Å². The Bertz CT molecular complexity index is 210. The van der Waals surface area contributed by atoms with Crippen molar-refractivity contribution in [3.05, 3.63) is 0 Å². The molecule has 1 atom stereocenters.